The van der Waals surface area contributed by atoms with Gasteiger partial charge in [-0.3, -0.25) is 9.48 Å². The first-order chi connectivity index (χ1) is 13.4. The number of carbonyl (C=O) groups excluding carboxylic acids is 2. The molecule has 2 heterocycles. The number of amides is 1. The molecule has 1 aromatic carbocycles. The second-order valence-corrected chi connectivity index (χ2v) is 6.52. The minimum Gasteiger partial charge on any atom is -0.487 e. The van der Waals surface area contributed by atoms with Crippen LogP contribution < -0.4 is 10.1 Å². The van der Waals surface area contributed by atoms with Gasteiger partial charge in [0, 0.05) is 12.6 Å². The van der Waals surface area contributed by atoms with Crippen molar-refractivity contribution >= 4 is 29.3 Å². The van der Waals surface area contributed by atoms with E-state index in [9.17, 15) is 9.59 Å². The van der Waals surface area contributed by atoms with E-state index in [0.29, 0.717) is 22.7 Å². The summed E-state index contributed by atoms with van der Waals surface area (Å²) in [7, 11) is 2.88. The van der Waals surface area contributed by atoms with E-state index in [4.69, 9.17) is 9.47 Å². The molecular weight excluding hydrogens is 382 g/mol. The van der Waals surface area contributed by atoms with Gasteiger partial charge in [0.15, 0.2) is 5.69 Å². The number of nitrogens with one attached hydrogen (secondary N) is 1. The fraction of sp³-hybridized carbons (Fsp3) is 0.278. The third-order valence-electron chi connectivity index (χ3n) is 4.06. The maximum Gasteiger partial charge on any atom is 0.358 e. The van der Waals surface area contributed by atoms with Crippen LogP contribution >= 0.6 is 11.7 Å². The minimum atomic E-state index is -0.581. The fourth-order valence-electron chi connectivity index (χ4n) is 2.58. The molecular formula is C18H19N5O4S. The SMILES string of the molecule is COC(=O)c1c(NC(=O)c2cccc(OCc3nsnc3C)c2)c(C)nn1C. The molecule has 3 aromatic rings. The highest BCUT2D eigenvalue weighted by atomic mass is 32.1. The van der Waals surface area contributed by atoms with E-state index in [-0.39, 0.29) is 12.3 Å². The van der Waals surface area contributed by atoms with Gasteiger partial charge in [0.25, 0.3) is 5.91 Å². The number of esters is 1. The van der Waals surface area contributed by atoms with E-state index in [0.717, 1.165) is 23.1 Å². The number of hydrogen-bond donors (Lipinski definition) is 1. The molecule has 0 fully saturated rings. The molecule has 0 spiro atoms. The molecule has 0 aliphatic heterocycles. The average molecular weight is 401 g/mol. The average Bonchev–Trinajstić information content (AvgIpc) is 3.21. The van der Waals surface area contributed by atoms with Crippen LogP contribution in [0.2, 0.25) is 0 Å². The molecule has 0 aliphatic carbocycles. The summed E-state index contributed by atoms with van der Waals surface area (Å²) in [4.78, 5) is 24.7. The molecule has 0 saturated carbocycles. The van der Waals surface area contributed by atoms with Crippen LogP contribution in [-0.4, -0.2) is 37.5 Å². The predicted molar refractivity (Wildman–Crippen MR) is 103 cm³/mol. The molecule has 146 valence electrons. The number of aromatic nitrogens is 4. The number of ether oxygens (including phenoxy) is 2. The zero-order valence-corrected chi connectivity index (χ0v) is 16.7. The summed E-state index contributed by atoms with van der Waals surface area (Å²) in [5, 5.41) is 6.91. The Labute approximate surface area is 165 Å². The Bertz CT molecular complexity index is 1030. The normalized spacial score (nSPS) is 10.6. The van der Waals surface area contributed by atoms with Crippen molar-refractivity contribution in [3.63, 3.8) is 0 Å². The van der Waals surface area contributed by atoms with Crippen LogP contribution in [0, 0.1) is 13.8 Å². The molecule has 1 amide bonds. The van der Waals surface area contributed by atoms with Gasteiger partial charge >= 0.3 is 5.97 Å². The minimum absolute atomic E-state index is 0.173. The standard InChI is InChI=1S/C18H19N5O4S/c1-10-14(22-28-21-10)9-27-13-7-5-6-12(8-13)17(24)19-15-11(2)20-23(3)16(15)18(25)26-4/h5-8H,9H2,1-4H3,(H,19,24). The van der Waals surface area contributed by atoms with Gasteiger partial charge < -0.3 is 14.8 Å². The maximum absolute atomic E-state index is 12.7. The number of benzene rings is 1. The third-order valence-corrected chi connectivity index (χ3v) is 4.72. The van der Waals surface area contributed by atoms with E-state index >= 15 is 0 Å². The Kier molecular flexibility index (Phi) is 5.69. The molecule has 0 radical (unpaired) electrons. The van der Waals surface area contributed by atoms with E-state index in [1.807, 2.05) is 6.92 Å². The molecule has 9 nitrogen and oxygen atoms in total. The highest BCUT2D eigenvalue weighted by Crippen LogP contribution is 2.22. The van der Waals surface area contributed by atoms with Crippen LogP contribution in [0.4, 0.5) is 5.69 Å². The Morgan fingerprint density at radius 1 is 1.21 bits per heavy atom. The number of rotatable bonds is 6. The maximum atomic E-state index is 12.7. The summed E-state index contributed by atoms with van der Waals surface area (Å²) >= 11 is 1.13. The second kappa shape index (κ2) is 8.17. The van der Waals surface area contributed by atoms with Crippen molar-refractivity contribution in [1.82, 2.24) is 18.5 Å². The zero-order chi connectivity index (χ0) is 20.3. The van der Waals surface area contributed by atoms with Gasteiger partial charge in [0.05, 0.1) is 35.9 Å². The van der Waals surface area contributed by atoms with E-state index < -0.39 is 11.9 Å². The van der Waals surface area contributed by atoms with Gasteiger partial charge in [0.1, 0.15) is 18.1 Å². The lowest BCUT2D eigenvalue weighted by molar-refractivity contribution is 0.0589. The molecule has 0 bridgehead atoms. The summed E-state index contributed by atoms with van der Waals surface area (Å²) in [6.07, 6.45) is 0. The van der Waals surface area contributed by atoms with Crippen LogP contribution in [0.1, 0.15) is 37.9 Å². The van der Waals surface area contributed by atoms with Gasteiger partial charge in [-0.15, -0.1) is 0 Å². The highest BCUT2D eigenvalue weighted by Gasteiger charge is 2.23. The first-order valence-corrected chi connectivity index (χ1v) is 9.08. The van der Waals surface area contributed by atoms with Gasteiger partial charge in [-0.25, -0.2) is 4.79 Å². The smallest absolute Gasteiger partial charge is 0.358 e. The Balaban J connectivity index is 1.77. The number of aryl methyl sites for hydroxylation is 3. The fourth-order valence-corrected chi connectivity index (χ4v) is 3.14. The summed E-state index contributed by atoms with van der Waals surface area (Å²) in [6.45, 7) is 3.83. The predicted octanol–water partition coefficient (Wildman–Crippen LogP) is 2.51. The summed E-state index contributed by atoms with van der Waals surface area (Å²) in [5.41, 5.74) is 2.96. The zero-order valence-electron chi connectivity index (χ0n) is 15.8. The van der Waals surface area contributed by atoms with Crippen molar-refractivity contribution in [1.29, 1.82) is 0 Å². The lowest BCUT2D eigenvalue weighted by atomic mass is 10.2. The van der Waals surface area contributed by atoms with E-state index in [2.05, 4.69) is 19.2 Å². The van der Waals surface area contributed by atoms with Crippen molar-refractivity contribution in [2.45, 2.75) is 20.5 Å². The van der Waals surface area contributed by atoms with Crippen LogP contribution in [0.5, 0.6) is 5.75 Å². The molecule has 28 heavy (non-hydrogen) atoms. The first-order valence-electron chi connectivity index (χ1n) is 8.35. The molecule has 0 atom stereocenters. The van der Waals surface area contributed by atoms with Crippen LogP contribution in [0.3, 0.4) is 0 Å². The van der Waals surface area contributed by atoms with E-state index in [1.165, 1.54) is 11.8 Å². The van der Waals surface area contributed by atoms with E-state index in [1.54, 1.807) is 38.2 Å². The van der Waals surface area contributed by atoms with Gasteiger partial charge in [-0.2, -0.15) is 13.8 Å². The molecule has 3 rings (SSSR count). The second-order valence-electron chi connectivity index (χ2n) is 5.99. The largest absolute Gasteiger partial charge is 0.487 e. The van der Waals surface area contributed by atoms with Gasteiger partial charge in [0.2, 0.25) is 0 Å². The lowest BCUT2D eigenvalue weighted by Crippen LogP contribution is -2.17. The lowest BCUT2D eigenvalue weighted by Gasteiger charge is -2.09. The topological polar surface area (TPSA) is 108 Å². The van der Waals surface area contributed by atoms with Gasteiger partial charge in [-0.1, -0.05) is 6.07 Å². The monoisotopic (exact) mass is 401 g/mol. The summed E-state index contributed by atoms with van der Waals surface area (Å²) in [5.74, 6) is -0.447. The molecule has 0 aliphatic rings. The Morgan fingerprint density at radius 3 is 2.68 bits per heavy atom. The molecule has 0 unspecified atom stereocenters. The van der Waals surface area contributed by atoms with Gasteiger partial charge in [-0.05, 0) is 32.0 Å². The quantitative estimate of drug-likeness (QED) is 0.632. The number of hydrogen-bond acceptors (Lipinski definition) is 8. The van der Waals surface area contributed by atoms with Crippen LogP contribution in [0.25, 0.3) is 0 Å². The van der Waals surface area contributed by atoms with Crippen molar-refractivity contribution in [3.05, 3.63) is 52.6 Å². The summed E-state index contributed by atoms with van der Waals surface area (Å²) < 4.78 is 20.1. The van der Waals surface area contributed by atoms with Crippen molar-refractivity contribution in [3.8, 4) is 5.75 Å². The first kappa shape index (κ1) is 19.5. The van der Waals surface area contributed by atoms with Crippen LogP contribution in [0.15, 0.2) is 24.3 Å². The highest BCUT2D eigenvalue weighted by molar-refractivity contribution is 6.99. The molecule has 2 aromatic heterocycles. The van der Waals surface area contributed by atoms with Crippen molar-refractivity contribution in [2.24, 2.45) is 7.05 Å². The molecule has 1 N–H and O–H groups in total. The number of anilines is 1. The number of carbonyl (C=O) groups is 2. The summed E-state index contributed by atoms with van der Waals surface area (Å²) in [6, 6.07) is 6.74. The molecule has 0 saturated heterocycles. The van der Waals surface area contributed by atoms with Crippen molar-refractivity contribution < 1.29 is 19.1 Å². The Hall–Kier alpha value is -3.27. The molecule has 10 heteroatoms. The Morgan fingerprint density at radius 2 is 2.00 bits per heavy atom. The number of nitrogens with zero attached hydrogens (tertiary/aromatic N) is 4. The third kappa shape index (κ3) is 4.01. The number of methoxy groups -OCH3 is 1. The van der Waals surface area contributed by atoms with Crippen LogP contribution in [-0.2, 0) is 18.4 Å². The van der Waals surface area contributed by atoms with Crippen molar-refractivity contribution in [2.75, 3.05) is 12.4 Å².